The summed E-state index contributed by atoms with van der Waals surface area (Å²) in [6.45, 7) is 1.69. The fourth-order valence-electron chi connectivity index (χ4n) is 2.35. The standard InChI is InChI=1S/C19H21Cl2N3O3/c1-12(23-17(25)10-22)11-27-18(26)9-13-5-2-3-8-16(13)24-19-14(20)6-4-7-15(19)21/h2-8,12,24H,9-11,22H2,1H3,(H,23,25). The first-order valence-corrected chi connectivity index (χ1v) is 9.10. The van der Waals surface area contributed by atoms with Gasteiger partial charge in [0.05, 0.1) is 34.7 Å². The van der Waals surface area contributed by atoms with Gasteiger partial charge in [0.2, 0.25) is 5.91 Å². The maximum absolute atomic E-state index is 12.2. The molecule has 0 aliphatic rings. The topological polar surface area (TPSA) is 93.5 Å². The number of amides is 1. The molecule has 2 aromatic carbocycles. The van der Waals surface area contributed by atoms with Crippen LogP contribution in [0.25, 0.3) is 0 Å². The van der Waals surface area contributed by atoms with Crippen molar-refractivity contribution in [3.63, 3.8) is 0 Å². The molecule has 2 rings (SSSR count). The summed E-state index contributed by atoms with van der Waals surface area (Å²) in [5, 5.41) is 6.75. The number of esters is 1. The molecule has 0 aromatic heterocycles. The smallest absolute Gasteiger partial charge is 0.310 e. The molecule has 0 spiro atoms. The van der Waals surface area contributed by atoms with Crippen LogP contribution >= 0.6 is 23.2 Å². The third-order valence-electron chi connectivity index (χ3n) is 3.66. The molecule has 27 heavy (non-hydrogen) atoms. The number of hydrogen-bond acceptors (Lipinski definition) is 5. The zero-order valence-corrected chi connectivity index (χ0v) is 16.3. The molecule has 6 nitrogen and oxygen atoms in total. The number of carbonyl (C=O) groups excluding carboxylic acids is 2. The predicted molar refractivity (Wildman–Crippen MR) is 108 cm³/mol. The van der Waals surface area contributed by atoms with Gasteiger partial charge in [-0.15, -0.1) is 0 Å². The van der Waals surface area contributed by atoms with Gasteiger partial charge >= 0.3 is 5.97 Å². The lowest BCUT2D eigenvalue weighted by Gasteiger charge is -2.16. The Balaban J connectivity index is 2.01. The Morgan fingerprint density at radius 3 is 2.44 bits per heavy atom. The van der Waals surface area contributed by atoms with E-state index in [0.717, 1.165) is 5.56 Å². The van der Waals surface area contributed by atoms with Crippen LogP contribution in [0.15, 0.2) is 42.5 Å². The van der Waals surface area contributed by atoms with E-state index in [1.54, 1.807) is 25.1 Å². The highest BCUT2D eigenvalue weighted by molar-refractivity contribution is 6.39. The number of para-hydroxylation sites is 2. The highest BCUT2D eigenvalue weighted by Crippen LogP contribution is 2.33. The van der Waals surface area contributed by atoms with E-state index in [-0.39, 0.29) is 31.5 Å². The molecular formula is C19H21Cl2N3O3. The largest absolute Gasteiger partial charge is 0.463 e. The number of ether oxygens (including phenoxy) is 1. The Morgan fingerprint density at radius 1 is 1.11 bits per heavy atom. The van der Waals surface area contributed by atoms with E-state index in [2.05, 4.69) is 10.6 Å². The third kappa shape index (κ3) is 6.43. The summed E-state index contributed by atoms with van der Waals surface area (Å²) >= 11 is 12.4. The van der Waals surface area contributed by atoms with Crippen molar-refractivity contribution in [2.75, 3.05) is 18.5 Å². The van der Waals surface area contributed by atoms with E-state index in [4.69, 9.17) is 33.7 Å². The maximum atomic E-state index is 12.2. The van der Waals surface area contributed by atoms with Crippen molar-refractivity contribution in [1.29, 1.82) is 0 Å². The van der Waals surface area contributed by atoms with Crippen LogP contribution in [0.4, 0.5) is 11.4 Å². The second-order valence-electron chi connectivity index (χ2n) is 5.91. The number of rotatable bonds is 8. The van der Waals surface area contributed by atoms with Crippen molar-refractivity contribution in [1.82, 2.24) is 5.32 Å². The van der Waals surface area contributed by atoms with Gasteiger partial charge in [-0.25, -0.2) is 0 Å². The van der Waals surface area contributed by atoms with Crippen molar-refractivity contribution >= 4 is 46.5 Å². The van der Waals surface area contributed by atoms with Crippen molar-refractivity contribution in [2.24, 2.45) is 5.73 Å². The minimum Gasteiger partial charge on any atom is -0.463 e. The summed E-state index contributed by atoms with van der Waals surface area (Å²) < 4.78 is 5.23. The molecule has 1 atom stereocenters. The van der Waals surface area contributed by atoms with Crippen molar-refractivity contribution in [3.05, 3.63) is 58.1 Å². The zero-order chi connectivity index (χ0) is 19.8. The van der Waals surface area contributed by atoms with E-state index in [1.807, 2.05) is 24.3 Å². The van der Waals surface area contributed by atoms with Gasteiger partial charge in [0.25, 0.3) is 0 Å². The fraction of sp³-hybridized carbons (Fsp3) is 0.263. The summed E-state index contributed by atoms with van der Waals surface area (Å²) in [5.41, 5.74) is 7.24. The lowest BCUT2D eigenvalue weighted by molar-refractivity contribution is -0.144. The minimum atomic E-state index is -0.414. The van der Waals surface area contributed by atoms with E-state index in [9.17, 15) is 9.59 Å². The summed E-state index contributed by atoms with van der Waals surface area (Å²) in [6, 6.07) is 12.2. The number of nitrogens with two attached hydrogens (primary N) is 1. The van der Waals surface area contributed by atoms with Crippen LogP contribution < -0.4 is 16.4 Å². The lowest BCUT2D eigenvalue weighted by Crippen LogP contribution is -2.40. The second-order valence-corrected chi connectivity index (χ2v) is 6.73. The molecule has 0 heterocycles. The number of anilines is 2. The summed E-state index contributed by atoms with van der Waals surface area (Å²) in [7, 11) is 0. The molecule has 144 valence electrons. The number of nitrogens with one attached hydrogen (secondary N) is 2. The molecule has 0 bridgehead atoms. The Hall–Kier alpha value is -2.28. The van der Waals surface area contributed by atoms with E-state index in [0.29, 0.717) is 21.4 Å². The van der Waals surface area contributed by atoms with Crippen LogP contribution in [0.3, 0.4) is 0 Å². The molecule has 2 aromatic rings. The maximum Gasteiger partial charge on any atom is 0.310 e. The number of benzene rings is 2. The van der Waals surface area contributed by atoms with Crippen LogP contribution in [-0.2, 0) is 20.7 Å². The van der Waals surface area contributed by atoms with Gasteiger partial charge in [0, 0.05) is 5.69 Å². The van der Waals surface area contributed by atoms with Crippen LogP contribution in [-0.4, -0.2) is 31.1 Å². The molecule has 0 saturated carbocycles. The predicted octanol–water partition coefficient (Wildman–Crippen LogP) is 3.29. The molecule has 0 aliphatic heterocycles. The first-order chi connectivity index (χ1) is 12.9. The van der Waals surface area contributed by atoms with Gasteiger partial charge in [-0.2, -0.15) is 0 Å². The molecular weight excluding hydrogens is 389 g/mol. The molecule has 0 saturated heterocycles. The van der Waals surface area contributed by atoms with E-state index >= 15 is 0 Å². The minimum absolute atomic E-state index is 0.0583. The van der Waals surface area contributed by atoms with Crippen LogP contribution in [0, 0.1) is 0 Å². The number of carbonyl (C=O) groups is 2. The quantitative estimate of drug-likeness (QED) is 0.581. The molecule has 1 unspecified atom stereocenters. The molecule has 0 radical (unpaired) electrons. The van der Waals surface area contributed by atoms with Crippen LogP contribution in [0.1, 0.15) is 12.5 Å². The lowest BCUT2D eigenvalue weighted by atomic mass is 10.1. The first kappa shape index (κ1) is 21.0. The average Bonchev–Trinajstić information content (AvgIpc) is 2.64. The summed E-state index contributed by atoms with van der Waals surface area (Å²) in [6.07, 6.45) is 0.0583. The van der Waals surface area contributed by atoms with Crippen LogP contribution in [0.5, 0.6) is 0 Å². The van der Waals surface area contributed by atoms with Crippen molar-refractivity contribution in [2.45, 2.75) is 19.4 Å². The molecule has 1 amide bonds. The Kier molecular flexibility index (Phi) is 7.91. The Bertz CT molecular complexity index is 794. The van der Waals surface area contributed by atoms with Gasteiger partial charge in [-0.3, -0.25) is 9.59 Å². The SMILES string of the molecule is CC(COC(=O)Cc1ccccc1Nc1c(Cl)cccc1Cl)NC(=O)CN. The number of halogens is 2. The summed E-state index contributed by atoms with van der Waals surface area (Å²) in [4.78, 5) is 23.4. The zero-order valence-electron chi connectivity index (χ0n) is 14.8. The Labute approximate surface area is 168 Å². The van der Waals surface area contributed by atoms with Gasteiger partial charge < -0.3 is 21.1 Å². The van der Waals surface area contributed by atoms with Gasteiger partial charge in [0.1, 0.15) is 6.61 Å². The molecule has 0 fully saturated rings. The first-order valence-electron chi connectivity index (χ1n) is 8.34. The van der Waals surface area contributed by atoms with E-state index < -0.39 is 5.97 Å². The number of hydrogen-bond donors (Lipinski definition) is 3. The van der Waals surface area contributed by atoms with Gasteiger partial charge in [0.15, 0.2) is 0 Å². The molecule has 0 aliphatic carbocycles. The van der Waals surface area contributed by atoms with Crippen molar-refractivity contribution < 1.29 is 14.3 Å². The van der Waals surface area contributed by atoms with Crippen molar-refractivity contribution in [3.8, 4) is 0 Å². The average molecular weight is 410 g/mol. The highest BCUT2D eigenvalue weighted by Gasteiger charge is 2.13. The Morgan fingerprint density at radius 2 is 1.78 bits per heavy atom. The summed E-state index contributed by atoms with van der Waals surface area (Å²) in [5.74, 6) is -0.715. The second kappa shape index (κ2) is 10.2. The normalized spacial score (nSPS) is 11.6. The van der Waals surface area contributed by atoms with Gasteiger partial charge in [-0.05, 0) is 30.7 Å². The van der Waals surface area contributed by atoms with Gasteiger partial charge in [-0.1, -0.05) is 47.5 Å². The molecule has 8 heteroatoms. The fourth-order valence-corrected chi connectivity index (χ4v) is 2.84. The highest BCUT2D eigenvalue weighted by atomic mass is 35.5. The molecule has 4 N–H and O–H groups in total. The van der Waals surface area contributed by atoms with E-state index in [1.165, 1.54) is 0 Å². The van der Waals surface area contributed by atoms with Crippen LogP contribution in [0.2, 0.25) is 10.0 Å². The monoisotopic (exact) mass is 409 g/mol. The third-order valence-corrected chi connectivity index (χ3v) is 4.29.